The summed E-state index contributed by atoms with van der Waals surface area (Å²) in [7, 11) is 4.17. The van der Waals surface area contributed by atoms with E-state index in [2.05, 4.69) is 34.9 Å². The second kappa shape index (κ2) is 5.06. The van der Waals surface area contributed by atoms with Crippen molar-refractivity contribution in [1.29, 1.82) is 0 Å². The Morgan fingerprint density at radius 1 is 1.31 bits per heavy atom. The van der Waals surface area contributed by atoms with Crippen molar-refractivity contribution in [3.63, 3.8) is 0 Å². The zero-order chi connectivity index (χ0) is 11.5. The van der Waals surface area contributed by atoms with Gasteiger partial charge >= 0.3 is 0 Å². The zero-order valence-electron chi connectivity index (χ0n) is 9.62. The normalized spacial score (nSPS) is 13.5. The first-order valence-corrected chi connectivity index (χ1v) is 6.19. The molecule has 0 unspecified atom stereocenters. The van der Waals surface area contributed by atoms with E-state index in [-0.39, 0.29) is 0 Å². The number of fused-ring (bicyclic) bond motifs is 1. The summed E-state index contributed by atoms with van der Waals surface area (Å²) >= 11 is 3.57. The molecule has 0 radical (unpaired) electrons. The molecule has 1 aliphatic rings. The highest BCUT2D eigenvalue weighted by Crippen LogP contribution is 2.40. The van der Waals surface area contributed by atoms with E-state index in [0.717, 1.165) is 35.4 Å². The number of nitrogens with zero attached hydrogens (tertiary/aromatic N) is 1. The molecule has 0 saturated heterocycles. The summed E-state index contributed by atoms with van der Waals surface area (Å²) in [5.41, 5.74) is 1.22. The Morgan fingerprint density at radius 3 is 2.88 bits per heavy atom. The summed E-state index contributed by atoms with van der Waals surface area (Å²) in [5, 5.41) is 0. The van der Waals surface area contributed by atoms with Gasteiger partial charge in [0.05, 0.1) is 0 Å². The van der Waals surface area contributed by atoms with Crippen LogP contribution in [0, 0.1) is 0 Å². The van der Waals surface area contributed by atoms with Crippen molar-refractivity contribution in [2.75, 3.05) is 27.4 Å². The molecule has 0 fully saturated rings. The standard InChI is InChI=1S/C12H16BrNO2/c1-14(2)7-3-4-9-10(13)5-6-11-12(9)16-8-15-11/h5-6H,3-4,7-8H2,1-2H3. The maximum atomic E-state index is 5.50. The summed E-state index contributed by atoms with van der Waals surface area (Å²) in [5.74, 6) is 1.77. The van der Waals surface area contributed by atoms with Gasteiger partial charge in [0.15, 0.2) is 11.5 Å². The Labute approximate surface area is 104 Å². The minimum atomic E-state index is 0.340. The monoisotopic (exact) mass is 285 g/mol. The molecule has 0 bridgehead atoms. The quantitative estimate of drug-likeness (QED) is 0.849. The molecule has 88 valence electrons. The summed E-state index contributed by atoms with van der Waals surface area (Å²) < 4.78 is 12.0. The minimum Gasteiger partial charge on any atom is -0.454 e. The molecule has 0 N–H and O–H groups in total. The van der Waals surface area contributed by atoms with Crippen molar-refractivity contribution in [3.8, 4) is 11.5 Å². The summed E-state index contributed by atoms with van der Waals surface area (Å²) in [4.78, 5) is 2.19. The van der Waals surface area contributed by atoms with E-state index in [1.54, 1.807) is 0 Å². The van der Waals surface area contributed by atoms with Crippen LogP contribution in [0.4, 0.5) is 0 Å². The summed E-state index contributed by atoms with van der Waals surface area (Å²) in [6, 6.07) is 3.97. The van der Waals surface area contributed by atoms with Gasteiger partial charge in [-0.3, -0.25) is 0 Å². The second-order valence-electron chi connectivity index (χ2n) is 4.17. The van der Waals surface area contributed by atoms with Gasteiger partial charge in [0, 0.05) is 10.0 Å². The molecule has 1 aromatic rings. The minimum absolute atomic E-state index is 0.340. The van der Waals surface area contributed by atoms with Crippen LogP contribution in [0.3, 0.4) is 0 Å². The number of ether oxygens (including phenoxy) is 2. The molecule has 0 amide bonds. The molecule has 16 heavy (non-hydrogen) atoms. The van der Waals surface area contributed by atoms with Gasteiger partial charge in [0.1, 0.15) is 0 Å². The highest BCUT2D eigenvalue weighted by Gasteiger charge is 2.19. The van der Waals surface area contributed by atoms with E-state index in [1.807, 2.05) is 12.1 Å². The first-order valence-electron chi connectivity index (χ1n) is 5.40. The third-order valence-electron chi connectivity index (χ3n) is 2.62. The molecule has 3 nitrogen and oxygen atoms in total. The van der Waals surface area contributed by atoms with Crippen molar-refractivity contribution < 1.29 is 9.47 Å². The smallest absolute Gasteiger partial charge is 0.231 e. The first-order chi connectivity index (χ1) is 7.68. The fourth-order valence-electron chi connectivity index (χ4n) is 1.81. The Morgan fingerprint density at radius 2 is 2.12 bits per heavy atom. The molecular weight excluding hydrogens is 270 g/mol. The van der Waals surface area contributed by atoms with E-state index >= 15 is 0 Å². The lowest BCUT2D eigenvalue weighted by Gasteiger charge is -2.11. The predicted molar refractivity (Wildman–Crippen MR) is 67.1 cm³/mol. The molecule has 0 aromatic heterocycles. The number of hydrogen-bond acceptors (Lipinski definition) is 3. The van der Waals surface area contributed by atoms with Gasteiger partial charge in [-0.25, -0.2) is 0 Å². The van der Waals surface area contributed by atoms with Crippen LogP contribution in [0.25, 0.3) is 0 Å². The Bertz CT molecular complexity index is 380. The summed E-state index contributed by atoms with van der Waals surface area (Å²) in [6.45, 7) is 1.42. The number of benzene rings is 1. The molecule has 0 atom stereocenters. The topological polar surface area (TPSA) is 21.7 Å². The molecule has 1 aromatic carbocycles. The summed E-state index contributed by atoms with van der Waals surface area (Å²) in [6.07, 6.45) is 2.12. The second-order valence-corrected chi connectivity index (χ2v) is 5.02. The van der Waals surface area contributed by atoms with Gasteiger partial charge < -0.3 is 14.4 Å². The van der Waals surface area contributed by atoms with Crippen LogP contribution in [0.1, 0.15) is 12.0 Å². The third kappa shape index (κ3) is 2.50. The Hall–Kier alpha value is -0.740. The lowest BCUT2D eigenvalue weighted by molar-refractivity contribution is 0.173. The van der Waals surface area contributed by atoms with Crippen LogP contribution >= 0.6 is 15.9 Å². The largest absolute Gasteiger partial charge is 0.454 e. The van der Waals surface area contributed by atoms with Gasteiger partial charge in [-0.1, -0.05) is 15.9 Å². The van der Waals surface area contributed by atoms with E-state index in [1.165, 1.54) is 5.56 Å². The molecule has 0 aliphatic carbocycles. The molecule has 4 heteroatoms. The maximum Gasteiger partial charge on any atom is 0.231 e. The molecule has 1 heterocycles. The van der Waals surface area contributed by atoms with Crippen molar-refractivity contribution in [2.45, 2.75) is 12.8 Å². The maximum absolute atomic E-state index is 5.50. The van der Waals surface area contributed by atoms with E-state index < -0.39 is 0 Å². The highest BCUT2D eigenvalue weighted by atomic mass is 79.9. The first kappa shape index (κ1) is 11.7. The van der Waals surface area contributed by atoms with Crippen LogP contribution in [-0.2, 0) is 6.42 Å². The molecular formula is C12H16BrNO2. The van der Waals surface area contributed by atoms with Crippen molar-refractivity contribution in [2.24, 2.45) is 0 Å². The third-order valence-corrected chi connectivity index (χ3v) is 3.36. The number of rotatable bonds is 4. The van der Waals surface area contributed by atoms with Crippen LogP contribution in [-0.4, -0.2) is 32.3 Å². The van der Waals surface area contributed by atoms with Crippen LogP contribution < -0.4 is 9.47 Å². The molecule has 0 spiro atoms. The Kier molecular flexibility index (Phi) is 3.71. The van der Waals surface area contributed by atoms with E-state index in [0.29, 0.717) is 6.79 Å². The fraction of sp³-hybridized carbons (Fsp3) is 0.500. The number of halogens is 1. The zero-order valence-corrected chi connectivity index (χ0v) is 11.2. The van der Waals surface area contributed by atoms with E-state index in [4.69, 9.17) is 9.47 Å². The van der Waals surface area contributed by atoms with Crippen molar-refractivity contribution >= 4 is 15.9 Å². The van der Waals surface area contributed by atoms with Crippen LogP contribution in [0.2, 0.25) is 0 Å². The van der Waals surface area contributed by atoms with Gasteiger partial charge in [0.25, 0.3) is 0 Å². The van der Waals surface area contributed by atoms with Crippen molar-refractivity contribution in [1.82, 2.24) is 4.90 Å². The fourth-order valence-corrected chi connectivity index (χ4v) is 2.32. The highest BCUT2D eigenvalue weighted by molar-refractivity contribution is 9.10. The van der Waals surface area contributed by atoms with Crippen molar-refractivity contribution in [3.05, 3.63) is 22.2 Å². The van der Waals surface area contributed by atoms with Gasteiger partial charge in [-0.2, -0.15) is 0 Å². The number of hydrogen-bond donors (Lipinski definition) is 0. The van der Waals surface area contributed by atoms with E-state index in [9.17, 15) is 0 Å². The lowest BCUT2D eigenvalue weighted by atomic mass is 10.1. The lowest BCUT2D eigenvalue weighted by Crippen LogP contribution is -2.13. The average Bonchev–Trinajstić information content (AvgIpc) is 2.69. The SMILES string of the molecule is CN(C)CCCc1c(Br)ccc2c1OCO2. The molecule has 1 aliphatic heterocycles. The molecule has 2 rings (SSSR count). The van der Waals surface area contributed by atoms with Gasteiger partial charge in [-0.15, -0.1) is 0 Å². The van der Waals surface area contributed by atoms with Crippen LogP contribution in [0.5, 0.6) is 11.5 Å². The average molecular weight is 286 g/mol. The van der Waals surface area contributed by atoms with Gasteiger partial charge in [-0.05, 0) is 45.6 Å². The predicted octanol–water partition coefficient (Wildman–Crippen LogP) is 2.67. The van der Waals surface area contributed by atoms with Gasteiger partial charge in [0.2, 0.25) is 6.79 Å². The molecule has 0 saturated carbocycles. The van der Waals surface area contributed by atoms with Crippen LogP contribution in [0.15, 0.2) is 16.6 Å². The Balaban J connectivity index is 2.11.